The topological polar surface area (TPSA) is 73.2 Å². The highest BCUT2D eigenvalue weighted by atomic mass is 32.1. The van der Waals surface area contributed by atoms with Crippen LogP contribution in [-0.4, -0.2) is 21.4 Å². The minimum atomic E-state index is -0.380. The van der Waals surface area contributed by atoms with Crippen LogP contribution in [0.4, 0.5) is 5.69 Å². The lowest BCUT2D eigenvalue weighted by Gasteiger charge is -2.04. The van der Waals surface area contributed by atoms with Crippen LogP contribution in [-0.2, 0) is 29.1 Å². The Labute approximate surface area is 184 Å². The Kier molecular flexibility index (Phi) is 6.13. The summed E-state index contributed by atoms with van der Waals surface area (Å²) >= 11 is 1.38. The number of carbonyl (C=O) groups is 2. The van der Waals surface area contributed by atoms with E-state index in [9.17, 15) is 9.59 Å². The number of nitrogens with one attached hydrogen (secondary N) is 1. The quantitative estimate of drug-likeness (QED) is 0.418. The van der Waals surface area contributed by atoms with Gasteiger partial charge in [-0.25, -0.2) is 9.78 Å². The fourth-order valence-electron chi connectivity index (χ4n) is 3.36. The van der Waals surface area contributed by atoms with Gasteiger partial charge in [-0.1, -0.05) is 35.9 Å². The van der Waals surface area contributed by atoms with Gasteiger partial charge in [0.1, 0.15) is 11.6 Å². The number of thiazole rings is 1. The molecule has 0 aliphatic heterocycles. The predicted molar refractivity (Wildman–Crippen MR) is 122 cm³/mol. The van der Waals surface area contributed by atoms with E-state index in [2.05, 4.69) is 10.3 Å². The molecule has 0 saturated carbocycles. The molecule has 1 N–H and O–H groups in total. The van der Waals surface area contributed by atoms with Crippen LogP contribution >= 0.6 is 11.3 Å². The Morgan fingerprint density at radius 1 is 1.13 bits per heavy atom. The molecule has 31 heavy (non-hydrogen) atoms. The molecular weight excluding hydrogens is 410 g/mol. The number of amides is 1. The van der Waals surface area contributed by atoms with E-state index in [-0.39, 0.29) is 24.9 Å². The molecule has 0 fully saturated rings. The number of aryl methyl sites for hydroxylation is 2. The molecule has 158 valence electrons. The summed E-state index contributed by atoms with van der Waals surface area (Å²) < 4.78 is 7.52. The zero-order valence-electron chi connectivity index (χ0n) is 17.4. The highest BCUT2D eigenvalue weighted by molar-refractivity contribution is 7.09. The molecule has 0 unspecified atom stereocenters. The minimum absolute atomic E-state index is 0.0700. The van der Waals surface area contributed by atoms with Gasteiger partial charge in [-0.15, -0.1) is 11.3 Å². The average Bonchev–Trinajstić information content (AvgIpc) is 3.38. The smallest absolute Gasteiger partial charge is 0.340 e. The minimum Gasteiger partial charge on any atom is -0.455 e. The van der Waals surface area contributed by atoms with E-state index in [1.165, 1.54) is 11.3 Å². The number of rotatable bonds is 7. The van der Waals surface area contributed by atoms with Crippen molar-refractivity contribution in [1.29, 1.82) is 0 Å². The summed E-state index contributed by atoms with van der Waals surface area (Å²) in [6, 6.07) is 15.4. The van der Waals surface area contributed by atoms with Crippen molar-refractivity contribution >= 4 is 39.8 Å². The number of benzene rings is 2. The maximum atomic E-state index is 12.6. The molecule has 0 radical (unpaired) electrons. The largest absolute Gasteiger partial charge is 0.455 e. The number of aromatic nitrogens is 2. The molecule has 4 aromatic rings. The van der Waals surface area contributed by atoms with Crippen molar-refractivity contribution in [2.24, 2.45) is 0 Å². The van der Waals surface area contributed by atoms with Gasteiger partial charge < -0.3 is 14.6 Å². The van der Waals surface area contributed by atoms with Crippen LogP contribution in [0.3, 0.4) is 0 Å². The van der Waals surface area contributed by atoms with Crippen LogP contribution in [0.25, 0.3) is 10.9 Å². The molecule has 6 nitrogen and oxygen atoms in total. The molecule has 2 aromatic carbocycles. The Bertz CT molecular complexity index is 1220. The SMILES string of the molecule is CCn1cc(C(=O)OCc2csc(CC(=O)Nc3ccc(C)cc3)n2)c2ccccc21. The number of esters is 1. The van der Waals surface area contributed by atoms with Crippen LogP contribution in [0.1, 0.15) is 33.5 Å². The number of para-hydroxylation sites is 1. The van der Waals surface area contributed by atoms with Crippen LogP contribution < -0.4 is 5.32 Å². The van der Waals surface area contributed by atoms with Crippen molar-refractivity contribution in [3.63, 3.8) is 0 Å². The molecule has 2 heterocycles. The third-order valence-corrected chi connectivity index (χ3v) is 5.84. The molecule has 0 aliphatic carbocycles. The summed E-state index contributed by atoms with van der Waals surface area (Å²) in [5.41, 5.74) is 4.08. The Balaban J connectivity index is 1.35. The summed E-state index contributed by atoms with van der Waals surface area (Å²) in [5, 5.41) is 6.23. The Morgan fingerprint density at radius 3 is 2.68 bits per heavy atom. The van der Waals surface area contributed by atoms with Crippen molar-refractivity contribution in [1.82, 2.24) is 9.55 Å². The first-order chi connectivity index (χ1) is 15.0. The molecule has 0 saturated heterocycles. The molecule has 0 bridgehead atoms. The first kappa shape index (κ1) is 20.8. The van der Waals surface area contributed by atoms with Gasteiger partial charge in [-0.05, 0) is 32.0 Å². The number of anilines is 1. The van der Waals surface area contributed by atoms with Crippen LogP contribution in [0, 0.1) is 6.92 Å². The first-order valence-corrected chi connectivity index (χ1v) is 11.0. The lowest BCUT2D eigenvalue weighted by atomic mass is 10.2. The van der Waals surface area contributed by atoms with Crippen molar-refractivity contribution in [2.45, 2.75) is 33.4 Å². The van der Waals surface area contributed by atoms with Crippen molar-refractivity contribution in [3.8, 4) is 0 Å². The normalized spacial score (nSPS) is 10.9. The fraction of sp³-hybridized carbons (Fsp3) is 0.208. The molecule has 0 aliphatic rings. The van der Waals surface area contributed by atoms with Crippen molar-refractivity contribution in [2.75, 3.05) is 5.32 Å². The summed E-state index contributed by atoms with van der Waals surface area (Å²) in [7, 11) is 0. The molecule has 1 amide bonds. The second-order valence-electron chi connectivity index (χ2n) is 7.25. The third-order valence-electron chi connectivity index (χ3n) is 4.95. The highest BCUT2D eigenvalue weighted by Crippen LogP contribution is 2.23. The van der Waals surface area contributed by atoms with E-state index < -0.39 is 0 Å². The van der Waals surface area contributed by atoms with Gasteiger partial charge in [0.2, 0.25) is 5.91 Å². The lowest BCUT2D eigenvalue weighted by molar-refractivity contribution is -0.115. The second-order valence-corrected chi connectivity index (χ2v) is 8.19. The van der Waals surface area contributed by atoms with Crippen LogP contribution in [0.2, 0.25) is 0 Å². The number of hydrogen-bond donors (Lipinski definition) is 1. The fourth-order valence-corrected chi connectivity index (χ4v) is 4.14. The average molecular weight is 434 g/mol. The first-order valence-electron chi connectivity index (χ1n) is 10.1. The molecule has 4 rings (SSSR count). The molecule has 0 spiro atoms. The van der Waals surface area contributed by atoms with Crippen LogP contribution in [0.5, 0.6) is 0 Å². The van der Waals surface area contributed by atoms with E-state index in [0.29, 0.717) is 16.3 Å². The Hall–Kier alpha value is -3.45. The van der Waals surface area contributed by atoms with Gasteiger partial charge in [0.05, 0.1) is 17.7 Å². The zero-order chi connectivity index (χ0) is 21.8. The van der Waals surface area contributed by atoms with Crippen molar-refractivity contribution in [3.05, 3.63) is 81.9 Å². The molecular formula is C24H23N3O3S. The molecule has 2 aromatic heterocycles. The monoisotopic (exact) mass is 433 g/mol. The summed E-state index contributed by atoms with van der Waals surface area (Å²) in [6.07, 6.45) is 2.01. The van der Waals surface area contributed by atoms with Crippen molar-refractivity contribution < 1.29 is 14.3 Å². The van der Waals surface area contributed by atoms with E-state index in [4.69, 9.17) is 4.74 Å². The number of hydrogen-bond acceptors (Lipinski definition) is 5. The zero-order valence-corrected chi connectivity index (χ0v) is 18.2. The van der Waals surface area contributed by atoms with E-state index >= 15 is 0 Å². The van der Waals surface area contributed by atoms with E-state index in [0.717, 1.165) is 28.7 Å². The third kappa shape index (κ3) is 4.83. The van der Waals surface area contributed by atoms with Gasteiger partial charge in [0.25, 0.3) is 0 Å². The summed E-state index contributed by atoms with van der Waals surface area (Å²) in [4.78, 5) is 29.3. The van der Waals surface area contributed by atoms with Gasteiger partial charge >= 0.3 is 5.97 Å². The van der Waals surface area contributed by atoms with Gasteiger partial charge in [-0.3, -0.25) is 4.79 Å². The summed E-state index contributed by atoms with van der Waals surface area (Å²) in [6.45, 7) is 4.87. The summed E-state index contributed by atoms with van der Waals surface area (Å²) in [5.74, 6) is -0.510. The number of nitrogens with zero attached hydrogens (tertiary/aromatic N) is 2. The maximum absolute atomic E-state index is 12.6. The van der Waals surface area contributed by atoms with Crippen LogP contribution in [0.15, 0.2) is 60.1 Å². The van der Waals surface area contributed by atoms with Gasteiger partial charge in [0, 0.05) is 34.7 Å². The number of ether oxygens (including phenoxy) is 1. The van der Waals surface area contributed by atoms with E-state index in [1.54, 1.807) is 0 Å². The number of carbonyl (C=O) groups excluding carboxylic acids is 2. The van der Waals surface area contributed by atoms with Gasteiger partial charge in [0.15, 0.2) is 0 Å². The van der Waals surface area contributed by atoms with Gasteiger partial charge in [-0.2, -0.15) is 0 Å². The maximum Gasteiger partial charge on any atom is 0.340 e. The predicted octanol–water partition coefficient (Wildman–Crippen LogP) is 4.96. The standard InChI is InChI=1S/C24H23N3O3S/c1-3-27-13-20(19-6-4-5-7-21(19)27)24(29)30-14-18-15-31-23(26-18)12-22(28)25-17-10-8-16(2)9-11-17/h4-11,13,15H,3,12,14H2,1-2H3,(H,25,28). The molecule has 0 atom stereocenters. The lowest BCUT2D eigenvalue weighted by Crippen LogP contribution is -2.14. The van der Waals surface area contributed by atoms with E-state index in [1.807, 2.05) is 78.5 Å². The number of fused-ring (bicyclic) bond motifs is 1. The highest BCUT2D eigenvalue weighted by Gasteiger charge is 2.16. The molecule has 7 heteroatoms. The second kappa shape index (κ2) is 9.14. The Morgan fingerprint density at radius 2 is 1.90 bits per heavy atom.